The van der Waals surface area contributed by atoms with E-state index in [0.717, 1.165) is 16.6 Å². The van der Waals surface area contributed by atoms with Crippen molar-refractivity contribution in [3.8, 4) is 11.1 Å². The van der Waals surface area contributed by atoms with Gasteiger partial charge in [0.05, 0.1) is 11.8 Å². The van der Waals surface area contributed by atoms with Crippen molar-refractivity contribution in [1.82, 2.24) is 4.57 Å². The molecule has 4 rings (SSSR count). The van der Waals surface area contributed by atoms with Gasteiger partial charge in [0.25, 0.3) is 0 Å². The van der Waals surface area contributed by atoms with Gasteiger partial charge in [0.1, 0.15) is 6.54 Å². The van der Waals surface area contributed by atoms with Gasteiger partial charge in [-0.25, -0.2) is 0 Å². The minimum atomic E-state index is -0.139. The standard InChI is InChI=1S/C23H20N2O3/c1-16-10-11-18-20(13-16)25(15-21(26)24(2)22-9-6-12-28-22)14-19(23(18)27)17-7-4-3-5-8-17/h3-14H,15H2,1-2H3. The first kappa shape index (κ1) is 17.8. The van der Waals surface area contributed by atoms with E-state index < -0.39 is 0 Å². The summed E-state index contributed by atoms with van der Waals surface area (Å²) >= 11 is 0. The minimum absolute atomic E-state index is 0.0377. The zero-order valence-corrected chi connectivity index (χ0v) is 15.8. The summed E-state index contributed by atoms with van der Waals surface area (Å²) in [5, 5.41) is 0.598. The van der Waals surface area contributed by atoms with Gasteiger partial charge in [-0.3, -0.25) is 14.5 Å². The van der Waals surface area contributed by atoms with Gasteiger partial charge in [-0.1, -0.05) is 36.4 Å². The number of carbonyl (C=O) groups is 1. The summed E-state index contributed by atoms with van der Waals surface area (Å²) in [6, 6.07) is 18.7. The molecule has 28 heavy (non-hydrogen) atoms. The van der Waals surface area contributed by atoms with E-state index in [0.29, 0.717) is 16.8 Å². The summed E-state index contributed by atoms with van der Waals surface area (Å²) < 4.78 is 7.16. The fraction of sp³-hybridized carbons (Fsp3) is 0.130. The molecule has 4 aromatic rings. The Morgan fingerprint density at radius 2 is 1.86 bits per heavy atom. The topological polar surface area (TPSA) is 55.5 Å². The Morgan fingerprint density at radius 3 is 2.57 bits per heavy atom. The number of hydrogen-bond donors (Lipinski definition) is 0. The highest BCUT2D eigenvalue weighted by atomic mass is 16.3. The van der Waals surface area contributed by atoms with Crippen molar-refractivity contribution < 1.29 is 9.21 Å². The molecule has 0 N–H and O–H groups in total. The molecular formula is C23H20N2O3. The molecule has 5 heteroatoms. The summed E-state index contributed by atoms with van der Waals surface area (Å²) in [6.07, 6.45) is 3.30. The molecule has 0 bridgehead atoms. The molecule has 5 nitrogen and oxygen atoms in total. The number of benzene rings is 2. The lowest BCUT2D eigenvalue weighted by atomic mass is 10.0. The van der Waals surface area contributed by atoms with Gasteiger partial charge in [0, 0.05) is 30.3 Å². The van der Waals surface area contributed by atoms with E-state index in [1.807, 2.05) is 60.0 Å². The van der Waals surface area contributed by atoms with Crippen molar-refractivity contribution >= 4 is 22.7 Å². The van der Waals surface area contributed by atoms with Gasteiger partial charge in [-0.05, 0) is 36.2 Å². The van der Waals surface area contributed by atoms with Crippen LogP contribution in [0.4, 0.5) is 5.88 Å². The highest BCUT2D eigenvalue weighted by Gasteiger charge is 2.17. The maximum atomic E-state index is 13.1. The molecule has 0 aliphatic rings. The van der Waals surface area contributed by atoms with Gasteiger partial charge in [0.2, 0.25) is 11.8 Å². The van der Waals surface area contributed by atoms with E-state index in [1.165, 1.54) is 11.2 Å². The number of likely N-dealkylation sites (N-methyl/N-ethyl adjacent to an activating group) is 1. The number of rotatable bonds is 4. The van der Waals surface area contributed by atoms with Crippen LogP contribution >= 0.6 is 0 Å². The van der Waals surface area contributed by atoms with Crippen molar-refractivity contribution in [3.05, 3.63) is 88.9 Å². The lowest BCUT2D eigenvalue weighted by Crippen LogP contribution is -2.30. The van der Waals surface area contributed by atoms with Crippen LogP contribution in [0.1, 0.15) is 5.56 Å². The molecule has 0 atom stereocenters. The second kappa shape index (κ2) is 7.19. The Bertz CT molecular complexity index is 1190. The number of hydrogen-bond acceptors (Lipinski definition) is 3. The molecule has 2 aromatic heterocycles. The molecular weight excluding hydrogens is 352 g/mol. The van der Waals surface area contributed by atoms with Crippen LogP contribution in [-0.4, -0.2) is 17.5 Å². The smallest absolute Gasteiger partial charge is 0.248 e. The Morgan fingerprint density at radius 1 is 1.07 bits per heavy atom. The second-order valence-electron chi connectivity index (χ2n) is 6.79. The van der Waals surface area contributed by atoms with Crippen molar-refractivity contribution in [2.45, 2.75) is 13.5 Å². The van der Waals surface area contributed by atoms with E-state index in [1.54, 1.807) is 25.4 Å². The van der Waals surface area contributed by atoms with Crippen LogP contribution in [0.3, 0.4) is 0 Å². The highest BCUT2D eigenvalue weighted by molar-refractivity contribution is 5.93. The van der Waals surface area contributed by atoms with Crippen LogP contribution in [0.2, 0.25) is 0 Å². The molecule has 1 amide bonds. The number of furan rings is 1. The molecule has 2 aromatic carbocycles. The first-order chi connectivity index (χ1) is 13.5. The van der Waals surface area contributed by atoms with Crippen molar-refractivity contribution in [2.75, 3.05) is 11.9 Å². The second-order valence-corrected chi connectivity index (χ2v) is 6.79. The van der Waals surface area contributed by atoms with Crippen LogP contribution < -0.4 is 10.3 Å². The van der Waals surface area contributed by atoms with Crippen molar-refractivity contribution in [1.29, 1.82) is 0 Å². The Hall–Kier alpha value is -3.60. The summed E-state index contributed by atoms with van der Waals surface area (Å²) in [7, 11) is 1.68. The third-order valence-electron chi connectivity index (χ3n) is 4.84. The van der Waals surface area contributed by atoms with Gasteiger partial charge in [-0.15, -0.1) is 0 Å². The van der Waals surface area contributed by atoms with E-state index in [2.05, 4.69) is 0 Å². The van der Waals surface area contributed by atoms with Crippen LogP contribution in [0, 0.1) is 6.92 Å². The molecule has 0 spiro atoms. The molecule has 0 aliphatic carbocycles. The zero-order chi connectivity index (χ0) is 19.7. The normalized spacial score (nSPS) is 10.9. The predicted octanol–water partition coefficient (Wildman–Crippen LogP) is 4.23. The molecule has 0 unspecified atom stereocenters. The number of amides is 1. The fourth-order valence-electron chi connectivity index (χ4n) is 3.29. The van der Waals surface area contributed by atoms with Crippen molar-refractivity contribution in [3.63, 3.8) is 0 Å². The lowest BCUT2D eigenvalue weighted by Gasteiger charge is -2.18. The number of pyridine rings is 1. The number of fused-ring (bicyclic) bond motifs is 1. The van der Waals surface area contributed by atoms with Crippen LogP contribution in [0.25, 0.3) is 22.0 Å². The highest BCUT2D eigenvalue weighted by Crippen LogP contribution is 2.21. The van der Waals surface area contributed by atoms with Gasteiger partial charge in [0.15, 0.2) is 5.43 Å². The van der Waals surface area contributed by atoms with E-state index >= 15 is 0 Å². The maximum Gasteiger partial charge on any atom is 0.248 e. The quantitative estimate of drug-likeness (QED) is 0.539. The Labute approximate surface area is 162 Å². The molecule has 0 saturated carbocycles. The number of carbonyl (C=O) groups excluding carboxylic acids is 1. The SMILES string of the molecule is Cc1ccc2c(=O)c(-c3ccccc3)cn(CC(=O)N(C)c3ccco3)c2c1. The third kappa shape index (κ3) is 3.22. The molecule has 0 saturated heterocycles. The fourth-order valence-corrected chi connectivity index (χ4v) is 3.29. The number of anilines is 1. The zero-order valence-electron chi connectivity index (χ0n) is 15.8. The van der Waals surface area contributed by atoms with Gasteiger partial charge in [-0.2, -0.15) is 0 Å². The average Bonchev–Trinajstić information content (AvgIpc) is 3.24. The summed E-state index contributed by atoms with van der Waals surface area (Å²) in [5.41, 5.74) is 3.14. The first-order valence-electron chi connectivity index (χ1n) is 9.04. The molecule has 2 heterocycles. The summed E-state index contributed by atoms with van der Waals surface area (Å²) in [5.74, 6) is 0.343. The maximum absolute atomic E-state index is 13.1. The van der Waals surface area contributed by atoms with Crippen LogP contribution in [0.15, 0.2) is 82.3 Å². The molecule has 140 valence electrons. The van der Waals surface area contributed by atoms with Crippen molar-refractivity contribution in [2.24, 2.45) is 0 Å². The van der Waals surface area contributed by atoms with Gasteiger partial charge >= 0.3 is 0 Å². The van der Waals surface area contributed by atoms with Gasteiger partial charge < -0.3 is 8.98 Å². The van der Waals surface area contributed by atoms with E-state index in [9.17, 15) is 9.59 Å². The number of aromatic nitrogens is 1. The third-order valence-corrected chi connectivity index (χ3v) is 4.84. The van der Waals surface area contributed by atoms with Crippen LogP contribution in [-0.2, 0) is 11.3 Å². The largest absolute Gasteiger partial charge is 0.448 e. The summed E-state index contributed by atoms with van der Waals surface area (Å²) in [4.78, 5) is 27.4. The Balaban J connectivity index is 1.84. The molecule has 0 radical (unpaired) electrons. The van der Waals surface area contributed by atoms with E-state index in [-0.39, 0.29) is 17.9 Å². The van der Waals surface area contributed by atoms with E-state index in [4.69, 9.17) is 4.42 Å². The number of nitrogens with zero attached hydrogens (tertiary/aromatic N) is 2. The monoisotopic (exact) mass is 372 g/mol. The summed E-state index contributed by atoms with van der Waals surface area (Å²) in [6.45, 7) is 2.06. The predicted molar refractivity (Wildman–Crippen MR) is 110 cm³/mol. The minimum Gasteiger partial charge on any atom is -0.448 e. The first-order valence-corrected chi connectivity index (χ1v) is 9.04. The Kier molecular flexibility index (Phi) is 4.57. The van der Waals surface area contributed by atoms with Crippen LogP contribution in [0.5, 0.6) is 0 Å². The average molecular weight is 372 g/mol. The lowest BCUT2D eigenvalue weighted by molar-refractivity contribution is -0.119. The number of aryl methyl sites for hydroxylation is 1. The molecule has 0 aliphatic heterocycles. The molecule has 0 fully saturated rings.